The predicted octanol–water partition coefficient (Wildman–Crippen LogP) is 0.915. The van der Waals surface area contributed by atoms with Crippen molar-refractivity contribution in [2.24, 2.45) is 5.92 Å². The third-order valence-electron chi connectivity index (χ3n) is 3.96. The number of carbonyl (C=O) groups is 2. The van der Waals surface area contributed by atoms with Crippen LogP contribution in [0.4, 0.5) is 0 Å². The highest BCUT2D eigenvalue weighted by atomic mass is 16.2. The monoisotopic (exact) mass is 248 g/mol. The Bertz CT molecular complexity index is 403. The summed E-state index contributed by atoms with van der Waals surface area (Å²) >= 11 is 0. The molecule has 1 heterocycles. The van der Waals surface area contributed by atoms with Crippen LogP contribution in [0, 0.1) is 18.3 Å². The highest BCUT2D eigenvalue weighted by Gasteiger charge is 2.49. The first-order valence-corrected chi connectivity index (χ1v) is 6.58. The molecule has 1 aliphatic heterocycles. The van der Waals surface area contributed by atoms with E-state index < -0.39 is 5.54 Å². The molecule has 1 N–H and O–H groups in total. The van der Waals surface area contributed by atoms with Crippen LogP contribution in [0.3, 0.4) is 0 Å². The van der Waals surface area contributed by atoms with Crippen molar-refractivity contribution in [3.8, 4) is 12.3 Å². The first-order chi connectivity index (χ1) is 8.50. The van der Waals surface area contributed by atoms with Crippen molar-refractivity contribution in [2.45, 2.75) is 51.1 Å². The maximum absolute atomic E-state index is 12.6. The second kappa shape index (κ2) is 4.64. The van der Waals surface area contributed by atoms with Gasteiger partial charge >= 0.3 is 0 Å². The van der Waals surface area contributed by atoms with E-state index in [1.54, 1.807) is 4.90 Å². The highest BCUT2D eigenvalue weighted by molar-refractivity contribution is 5.98. The SMILES string of the molecule is C#CC(C(C)C)N1CC(=O)NC2(CCCC2)C1=O. The summed E-state index contributed by atoms with van der Waals surface area (Å²) in [5.41, 5.74) is -0.667. The van der Waals surface area contributed by atoms with Gasteiger partial charge in [-0.3, -0.25) is 9.59 Å². The van der Waals surface area contributed by atoms with Gasteiger partial charge in [0.25, 0.3) is 0 Å². The number of hydrogen-bond donors (Lipinski definition) is 1. The molecule has 1 saturated carbocycles. The Balaban J connectivity index is 2.28. The van der Waals surface area contributed by atoms with Gasteiger partial charge in [0.2, 0.25) is 11.8 Å². The van der Waals surface area contributed by atoms with E-state index in [0.717, 1.165) is 25.7 Å². The molecule has 0 radical (unpaired) electrons. The van der Waals surface area contributed by atoms with Crippen molar-refractivity contribution in [3.05, 3.63) is 0 Å². The van der Waals surface area contributed by atoms with Gasteiger partial charge in [-0.15, -0.1) is 6.42 Å². The molecule has 2 fully saturated rings. The van der Waals surface area contributed by atoms with Gasteiger partial charge in [-0.1, -0.05) is 32.6 Å². The van der Waals surface area contributed by atoms with Crippen LogP contribution in [0.2, 0.25) is 0 Å². The van der Waals surface area contributed by atoms with Crippen LogP contribution in [0.25, 0.3) is 0 Å². The Hall–Kier alpha value is -1.50. The van der Waals surface area contributed by atoms with Gasteiger partial charge in [-0.2, -0.15) is 0 Å². The number of terminal acetylenes is 1. The molecule has 1 unspecified atom stereocenters. The second-order valence-corrected chi connectivity index (χ2v) is 5.63. The lowest BCUT2D eigenvalue weighted by Crippen LogP contribution is -2.67. The number of nitrogens with one attached hydrogen (secondary N) is 1. The van der Waals surface area contributed by atoms with Crippen LogP contribution >= 0.6 is 0 Å². The highest BCUT2D eigenvalue weighted by Crippen LogP contribution is 2.34. The molecule has 1 saturated heterocycles. The molecule has 0 aromatic carbocycles. The van der Waals surface area contributed by atoms with E-state index in [4.69, 9.17) is 6.42 Å². The van der Waals surface area contributed by atoms with E-state index in [9.17, 15) is 9.59 Å². The van der Waals surface area contributed by atoms with E-state index in [1.165, 1.54) is 0 Å². The van der Waals surface area contributed by atoms with Gasteiger partial charge in [0.1, 0.15) is 12.1 Å². The first-order valence-electron chi connectivity index (χ1n) is 6.58. The van der Waals surface area contributed by atoms with Gasteiger partial charge in [0.05, 0.1) is 6.04 Å². The predicted molar refractivity (Wildman–Crippen MR) is 68.5 cm³/mol. The molecule has 4 heteroatoms. The van der Waals surface area contributed by atoms with Crippen LogP contribution in [0.1, 0.15) is 39.5 Å². The molecule has 1 spiro atoms. The zero-order chi connectivity index (χ0) is 13.3. The standard InChI is InChI=1S/C14H20N2O2/c1-4-11(10(2)3)16-9-12(17)15-14(13(16)18)7-5-6-8-14/h1,10-11H,5-9H2,2-3H3,(H,15,17). The maximum atomic E-state index is 12.6. The molecule has 4 nitrogen and oxygen atoms in total. The lowest BCUT2D eigenvalue weighted by atomic mass is 9.90. The number of nitrogens with zero attached hydrogens (tertiary/aromatic N) is 1. The first kappa shape index (κ1) is 12.9. The number of carbonyl (C=O) groups excluding carboxylic acids is 2. The second-order valence-electron chi connectivity index (χ2n) is 5.63. The Morgan fingerprint density at radius 3 is 2.44 bits per heavy atom. The molecular formula is C14H20N2O2. The number of hydrogen-bond acceptors (Lipinski definition) is 2. The Kier molecular flexibility index (Phi) is 3.34. The fourth-order valence-corrected chi connectivity index (χ4v) is 3.05. The van der Waals surface area contributed by atoms with Crippen LogP contribution in [-0.4, -0.2) is 34.8 Å². The molecule has 2 amide bonds. The summed E-state index contributed by atoms with van der Waals surface area (Å²) in [5, 5.41) is 2.89. The lowest BCUT2D eigenvalue weighted by Gasteiger charge is -2.42. The smallest absolute Gasteiger partial charge is 0.249 e. The molecule has 2 aliphatic rings. The summed E-state index contributed by atoms with van der Waals surface area (Å²) in [6.45, 7) is 4.05. The van der Waals surface area contributed by atoms with Crippen LogP contribution in [-0.2, 0) is 9.59 Å². The Labute approximate surface area is 108 Å². The van der Waals surface area contributed by atoms with Crippen molar-refractivity contribution in [1.82, 2.24) is 10.2 Å². The summed E-state index contributed by atoms with van der Waals surface area (Å²) in [6.07, 6.45) is 8.98. The van der Waals surface area contributed by atoms with Gasteiger partial charge in [-0.05, 0) is 18.8 Å². The van der Waals surface area contributed by atoms with Gasteiger partial charge in [0, 0.05) is 0 Å². The Morgan fingerprint density at radius 2 is 1.94 bits per heavy atom. The molecule has 1 aliphatic carbocycles. The Morgan fingerprint density at radius 1 is 1.33 bits per heavy atom. The van der Waals surface area contributed by atoms with E-state index >= 15 is 0 Å². The quantitative estimate of drug-likeness (QED) is 0.739. The molecule has 0 aromatic heterocycles. The third-order valence-corrected chi connectivity index (χ3v) is 3.96. The van der Waals surface area contributed by atoms with Crippen molar-refractivity contribution < 1.29 is 9.59 Å². The summed E-state index contributed by atoms with van der Waals surface area (Å²) < 4.78 is 0. The molecule has 1 atom stereocenters. The molecule has 18 heavy (non-hydrogen) atoms. The number of piperazine rings is 1. The zero-order valence-electron chi connectivity index (χ0n) is 11.0. The number of rotatable bonds is 2. The maximum Gasteiger partial charge on any atom is 0.249 e. The van der Waals surface area contributed by atoms with Crippen molar-refractivity contribution >= 4 is 11.8 Å². The van der Waals surface area contributed by atoms with Gasteiger partial charge in [-0.25, -0.2) is 0 Å². The van der Waals surface area contributed by atoms with E-state index in [1.807, 2.05) is 13.8 Å². The van der Waals surface area contributed by atoms with Crippen LogP contribution < -0.4 is 5.32 Å². The largest absolute Gasteiger partial charge is 0.340 e. The molecule has 98 valence electrons. The van der Waals surface area contributed by atoms with Crippen molar-refractivity contribution in [3.63, 3.8) is 0 Å². The fraction of sp³-hybridized carbons (Fsp3) is 0.714. The average Bonchev–Trinajstić information content (AvgIpc) is 2.75. The molecule has 0 aromatic rings. The van der Waals surface area contributed by atoms with Crippen molar-refractivity contribution in [2.75, 3.05) is 6.54 Å². The summed E-state index contributed by atoms with van der Waals surface area (Å²) in [5.74, 6) is 2.73. The topological polar surface area (TPSA) is 49.4 Å². The fourth-order valence-electron chi connectivity index (χ4n) is 3.05. The normalized spacial score (nSPS) is 24.2. The minimum atomic E-state index is -0.667. The molecular weight excluding hydrogens is 228 g/mol. The molecule has 0 bridgehead atoms. The van der Waals surface area contributed by atoms with Crippen LogP contribution in [0.15, 0.2) is 0 Å². The van der Waals surface area contributed by atoms with E-state index in [2.05, 4.69) is 11.2 Å². The zero-order valence-corrected chi connectivity index (χ0v) is 11.0. The minimum Gasteiger partial charge on any atom is -0.340 e. The minimum absolute atomic E-state index is 0.0104. The van der Waals surface area contributed by atoms with E-state index in [0.29, 0.717) is 0 Å². The lowest BCUT2D eigenvalue weighted by molar-refractivity contribution is -0.151. The average molecular weight is 248 g/mol. The summed E-state index contributed by atoms with van der Waals surface area (Å²) in [6, 6.07) is -0.291. The van der Waals surface area contributed by atoms with E-state index in [-0.39, 0.29) is 30.3 Å². The number of amides is 2. The molecule has 2 rings (SSSR count). The third kappa shape index (κ3) is 1.98. The van der Waals surface area contributed by atoms with Gasteiger partial charge < -0.3 is 10.2 Å². The van der Waals surface area contributed by atoms with Crippen LogP contribution in [0.5, 0.6) is 0 Å². The van der Waals surface area contributed by atoms with Gasteiger partial charge in [0.15, 0.2) is 0 Å². The van der Waals surface area contributed by atoms with Crippen molar-refractivity contribution in [1.29, 1.82) is 0 Å². The summed E-state index contributed by atoms with van der Waals surface area (Å²) in [7, 11) is 0. The summed E-state index contributed by atoms with van der Waals surface area (Å²) in [4.78, 5) is 26.1.